The third-order valence-electron chi connectivity index (χ3n) is 3.88. The molecule has 0 spiro atoms. The normalized spacial score (nSPS) is 25.7. The van der Waals surface area contributed by atoms with E-state index in [4.69, 9.17) is 0 Å². The summed E-state index contributed by atoms with van der Waals surface area (Å²) in [6, 6.07) is 0.664. The number of piperidine rings is 1. The van der Waals surface area contributed by atoms with Gasteiger partial charge in [-0.15, -0.1) is 0 Å². The second-order valence-electron chi connectivity index (χ2n) is 6.59. The SMILES string of the molecule is CNC(C)C1CCCN(CCC(C)(C)C)C1. The first kappa shape index (κ1) is 14.0. The second-order valence-corrected chi connectivity index (χ2v) is 6.59. The van der Waals surface area contributed by atoms with Crippen molar-refractivity contribution in [1.82, 2.24) is 10.2 Å². The first-order chi connectivity index (χ1) is 7.42. The molecule has 1 N–H and O–H groups in total. The highest BCUT2D eigenvalue weighted by atomic mass is 15.1. The zero-order valence-electron chi connectivity index (χ0n) is 11.8. The molecule has 1 aliphatic heterocycles. The molecule has 16 heavy (non-hydrogen) atoms. The number of likely N-dealkylation sites (tertiary alicyclic amines) is 1. The van der Waals surface area contributed by atoms with Crippen molar-refractivity contribution >= 4 is 0 Å². The Morgan fingerprint density at radius 3 is 2.62 bits per heavy atom. The van der Waals surface area contributed by atoms with Crippen LogP contribution in [-0.4, -0.2) is 37.6 Å². The molecule has 0 amide bonds. The molecule has 2 heteroatoms. The second kappa shape index (κ2) is 6.02. The van der Waals surface area contributed by atoms with Crippen molar-refractivity contribution in [2.24, 2.45) is 11.3 Å². The average Bonchev–Trinajstić information content (AvgIpc) is 2.25. The number of rotatable bonds is 4. The van der Waals surface area contributed by atoms with Crippen molar-refractivity contribution in [2.75, 3.05) is 26.7 Å². The highest BCUT2D eigenvalue weighted by Crippen LogP contribution is 2.23. The lowest BCUT2D eigenvalue weighted by Crippen LogP contribution is -2.44. The van der Waals surface area contributed by atoms with Crippen LogP contribution in [0.3, 0.4) is 0 Å². The largest absolute Gasteiger partial charge is 0.317 e. The average molecular weight is 226 g/mol. The summed E-state index contributed by atoms with van der Waals surface area (Å²) in [6.07, 6.45) is 4.09. The van der Waals surface area contributed by atoms with Crippen molar-refractivity contribution in [3.63, 3.8) is 0 Å². The van der Waals surface area contributed by atoms with E-state index in [-0.39, 0.29) is 0 Å². The Bertz CT molecular complexity index is 195. The molecule has 0 aromatic carbocycles. The predicted octanol–water partition coefficient (Wildman–Crippen LogP) is 2.74. The maximum atomic E-state index is 3.40. The molecule has 2 unspecified atom stereocenters. The first-order valence-corrected chi connectivity index (χ1v) is 6.82. The molecule has 1 fully saturated rings. The molecule has 0 aliphatic carbocycles. The highest BCUT2D eigenvalue weighted by molar-refractivity contribution is 4.80. The van der Waals surface area contributed by atoms with Gasteiger partial charge < -0.3 is 10.2 Å². The Balaban J connectivity index is 2.33. The van der Waals surface area contributed by atoms with Crippen LogP contribution >= 0.6 is 0 Å². The van der Waals surface area contributed by atoms with Crippen LogP contribution in [0.15, 0.2) is 0 Å². The Hall–Kier alpha value is -0.0800. The lowest BCUT2D eigenvalue weighted by Gasteiger charge is -2.36. The van der Waals surface area contributed by atoms with E-state index in [1.54, 1.807) is 0 Å². The van der Waals surface area contributed by atoms with Crippen LogP contribution in [-0.2, 0) is 0 Å². The number of hydrogen-bond donors (Lipinski definition) is 1. The monoisotopic (exact) mass is 226 g/mol. The van der Waals surface area contributed by atoms with Crippen LogP contribution in [0, 0.1) is 11.3 Å². The topological polar surface area (TPSA) is 15.3 Å². The zero-order chi connectivity index (χ0) is 12.2. The molecule has 2 atom stereocenters. The van der Waals surface area contributed by atoms with Gasteiger partial charge in [-0.25, -0.2) is 0 Å². The third-order valence-corrected chi connectivity index (χ3v) is 3.88. The van der Waals surface area contributed by atoms with Crippen LogP contribution in [0.2, 0.25) is 0 Å². The number of nitrogens with zero attached hydrogens (tertiary/aromatic N) is 1. The minimum absolute atomic E-state index is 0.474. The fourth-order valence-electron chi connectivity index (χ4n) is 2.43. The summed E-state index contributed by atoms with van der Waals surface area (Å²) in [4.78, 5) is 2.66. The number of nitrogens with one attached hydrogen (secondary N) is 1. The van der Waals surface area contributed by atoms with Crippen LogP contribution in [0.4, 0.5) is 0 Å². The molecule has 0 aromatic heterocycles. The van der Waals surface area contributed by atoms with Gasteiger partial charge in [0.1, 0.15) is 0 Å². The van der Waals surface area contributed by atoms with Crippen LogP contribution in [0.5, 0.6) is 0 Å². The molecule has 0 aromatic rings. The van der Waals surface area contributed by atoms with Gasteiger partial charge in [0.05, 0.1) is 0 Å². The molecule has 0 bridgehead atoms. The summed E-state index contributed by atoms with van der Waals surface area (Å²) in [5.74, 6) is 0.846. The van der Waals surface area contributed by atoms with E-state index in [9.17, 15) is 0 Å². The molecule has 1 heterocycles. The molecule has 1 rings (SSSR count). The quantitative estimate of drug-likeness (QED) is 0.793. The van der Waals surface area contributed by atoms with Gasteiger partial charge in [-0.1, -0.05) is 20.8 Å². The summed E-state index contributed by atoms with van der Waals surface area (Å²) in [5.41, 5.74) is 0.474. The number of hydrogen-bond acceptors (Lipinski definition) is 2. The molecule has 0 saturated carbocycles. The van der Waals surface area contributed by atoms with Crippen molar-refractivity contribution in [2.45, 2.75) is 53.0 Å². The van der Waals surface area contributed by atoms with Crippen molar-refractivity contribution in [3.05, 3.63) is 0 Å². The molecule has 96 valence electrons. The van der Waals surface area contributed by atoms with Crippen molar-refractivity contribution in [1.29, 1.82) is 0 Å². The molecule has 0 radical (unpaired) electrons. The van der Waals surface area contributed by atoms with E-state index in [0.29, 0.717) is 11.5 Å². The fourth-order valence-corrected chi connectivity index (χ4v) is 2.43. The Morgan fingerprint density at radius 2 is 2.06 bits per heavy atom. The van der Waals surface area contributed by atoms with E-state index in [2.05, 4.69) is 45.0 Å². The van der Waals surface area contributed by atoms with Crippen LogP contribution < -0.4 is 5.32 Å². The molecular weight excluding hydrogens is 196 g/mol. The molecule has 1 saturated heterocycles. The fraction of sp³-hybridized carbons (Fsp3) is 1.00. The van der Waals surface area contributed by atoms with Crippen molar-refractivity contribution in [3.8, 4) is 0 Å². The standard InChI is InChI=1S/C14H30N2/c1-12(15-5)13-7-6-9-16(11-13)10-8-14(2,3)4/h12-13,15H,6-11H2,1-5H3. The summed E-state index contributed by atoms with van der Waals surface area (Å²) >= 11 is 0. The maximum Gasteiger partial charge on any atom is 0.00762 e. The van der Waals surface area contributed by atoms with E-state index in [1.807, 2.05) is 0 Å². The zero-order valence-corrected chi connectivity index (χ0v) is 11.8. The van der Waals surface area contributed by atoms with Gasteiger partial charge in [0.25, 0.3) is 0 Å². The minimum Gasteiger partial charge on any atom is -0.317 e. The summed E-state index contributed by atoms with van der Waals surface area (Å²) in [7, 11) is 2.08. The van der Waals surface area contributed by atoms with Gasteiger partial charge in [0.15, 0.2) is 0 Å². The predicted molar refractivity (Wildman–Crippen MR) is 71.8 cm³/mol. The molecule has 2 nitrogen and oxygen atoms in total. The summed E-state index contributed by atoms with van der Waals surface area (Å²) in [5, 5.41) is 3.40. The first-order valence-electron chi connectivity index (χ1n) is 6.82. The van der Waals surface area contributed by atoms with Crippen LogP contribution in [0.1, 0.15) is 47.0 Å². The summed E-state index contributed by atoms with van der Waals surface area (Å²) in [6.45, 7) is 13.2. The van der Waals surface area contributed by atoms with E-state index in [0.717, 1.165) is 5.92 Å². The molecular formula is C14H30N2. The maximum absolute atomic E-state index is 3.40. The Labute approximate surface area is 102 Å². The van der Waals surface area contributed by atoms with Gasteiger partial charge in [-0.2, -0.15) is 0 Å². The van der Waals surface area contributed by atoms with Gasteiger partial charge in [0, 0.05) is 12.6 Å². The molecule has 1 aliphatic rings. The van der Waals surface area contributed by atoms with Gasteiger partial charge in [0.2, 0.25) is 0 Å². The van der Waals surface area contributed by atoms with Crippen molar-refractivity contribution < 1.29 is 0 Å². The Morgan fingerprint density at radius 1 is 1.38 bits per heavy atom. The summed E-state index contributed by atoms with van der Waals surface area (Å²) < 4.78 is 0. The smallest absolute Gasteiger partial charge is 0.00762 e. The van der Waals surface area contributed by atoms with E-state index < -0.39 is 0 Å². The van der Waals surface area contributed by atoms with Gasteiger partial charge in [-0.3, -0.25) is 0 Å². The van der Waals surface area contributed by atoms with Gasteiger partial charge in [-0.05, 0) is 57.7 Å². The highest BCUT2D eigenvalue weighted by Gasteiger charge is 2.24. The lowest BCUT2D eigenvalue weighted by atomic mass is 9.89. The van der Waals surface area contributed by atoms with E-state index >= 15 is 0 Å². The Kier molecular flexibility index (Phi) is 5.26. The van der Waals surface area contributed by atoms with Gasteiger partial charge >= 0.3 is 0 Å². The van der Waals surface area contributed by atoms with Crippen LogP contribution in [0.25, 0.3) is 0 Å². The minimum atomic E-state index is 0.474. The van der Waals surface area contributed by atoms with E-state index in [1.165, 1.54) is 38.9 Å². The third kappa shape index (κ3) is 4.84. The lowest BCUT2D eigenvalue weighted by molar-refractivity contribution is 0.138.